The minimum atomic E-state index is 0.285. The number of nitrogens with zero attached hydrogens (tertiary/aromatic N) is 3. The van der Waals surface area contributed by atoms with E-state index in [0.717, 1.165) is 57.2 Å². The van der Waals surface area contributed by atoms with Gasteiger partial charge in [-0.05, 0) is 26.7 Å². The van der Waals surface area contributed by atoms with Crippen LogP contribution in [-0.4, -0.2) is 48.5 Å². The lowest BCUT2D eigenvalue weighted by Crippen LogP contribution is -2.30. The summed E-state index contributed by atoms with van der Waals surface area (Å²) in [6.45, 7) is 9.70. The van der Waals surface area contributed by atoms with Crippen molar-refractivity contribution >= 4 is 22.4 Å². The maximum Gasteiger partial charge on any atom is 0.223 e. The summed E-state index contributed by atoms with van der Waals surface area (Å²) in [5, 5.41) is 4.44. The van der Waals surface area contributed by atoms with Gasteiger partial charge in [-0.1, -0.05) is 0 Å². The number of likely N-dealkylation sites (tertiary alicyclic amines) is 1. The fourth-order valence-electron chi connectivity index (χ4n) is 2.55. The highest BCUT2D eigenvalue weighted by Crippen LogP contribution is 2.21. The minimum Gasteiger partial charge on any atom is -0.349 e. The summed E-state index contributed by atoms with van der Waals surface area (Å²) >= 11 is 1.73. The van der Waals surface area contributed by atoms with Crippen LogP contribution >= 0.6 is 11.3 Å². The molecule has 21 heavy (non-hydrogen) atoms. The lowest BCUT2D eigenvalue weighted by molar-refractivity contribution is -0.130. The zero-order valence-corrected chi connectivity index (χ0v) is 13.9. The number of amides is 1. The van der Waals surface area contributed by atoms with E-state index in [9.17, 15) is 4.79 Å². The second-order valence-electron chi connectivity index (χ2n) is 5.30. The summed E-state index contributed by atoms with van der Waals surface area (Å²) in [5.74, 6) is 0.285. The van der Waals surface area contributed by atoms with E-state index in [1.54, 1.807) is 11.3 Å². The molecule has 1 aliphatic heterocycles. The van der Waals surface area contributed by atoms with E-state index in [4.69, 9.17) is 0 Å². The fourth-order valence-corrected chi connectivity index (χ4v) is 3.56. The van der Waals surface area contributed by atoms with Crippen LogP contribution in [-0.2, 0) is 11.3 Å². The van der Waals surface area contributed by atoms with Crippen LogP contribution < -0.4 is 10.2 Å². The van der Waals surface area contributed by atoms with E-state index in [1.807, 2.05) is 11.1 Å². The third kappa shape index (κ3) is 4.68. The Morgan fingerprint density at radius 2 is 2.10 bits per heavy atom. The molecule has 0 saturated carbocycles. The molecule has 0 aliphatic carbocycles. The molecule has 1 N–H and O–H groups in total. The molecule has 1 amide bonds. The van der Waals surface area contributed by atoms with Crippen LogP contribution in [0.1, 0.15) is 38.0 Å². The summed E-state index contributed by atoms with van der Waals surface area (Å²) < 4.78 is 0. The Bertz CT molecular complexity index is 439. The molecule has 118 valence electrons. The molecule has 1 aromatic rings. The molecular formula is C15H26N4OS. The lowest BCUT2D eigenvalue weighted by Gasteiger charge is -2.16. The second kappa shape index (κ2) is 8.34. The Hall–Kier alpha value is -1.14. The maximum absolute atomic E-state index is 11.9. The first-order chi connectivity index (χ1) is 10.2. The Kier molecular flexibility index (Phi) is 6.45. The first-order valence-corrected chi connectivity index (χ1v) is 8.74. The van der Waals surface area contributed by atoms with Crippen molar-refractivity contribution in [3.63, 3.8) is 0 Å². The van der Waals surface area contributed by atoms with Gasteiger partial charge in [0.1, 0.15) is 0 Å². The van der Waals surface area contributed by atoms with Gasteiger partial charge in [-0.25, -0.2) is 4.98 Å². The number of aromatic nitrogens is 1. The van der Waals surface area contributed by atoms with Crippen molar-refractivity contribution in [2.24, 2.45) is 0 Å². The second-order valence-corrected chi connectivity index (χ2v) is 6.39. The number of carbonyl (C=O) groups is 1. The predicted octanol–water partition coefficient (Wildman–Crippen LogP) is 2.09. The SMILES string of the molecule is CCN(CC)c1ncc(CNCCC(=O)N2CCCC2)s1. The molecule has 1 aliphatic rings. The highest BCUT2D eigenvalue weighted by atomic mass is 32.1. The Balaban J connectivity index is 1.67. The van der Waals surface area contributed by atoms with Crippen molar-refractivity contribution in [3.05, 3.63) is 11.1 Å². The van der Waals surface area contributed by atoms with E-state index in [0.29, 0.717) is 6.42 Å². The normalized spacial score (nSPS) is 14.7. The minimum absolute atomic E-state index is 0.285. The van der Waals surface area contributed by atoms with Crippen LogP contribution in [0.25, 0.3) is 0 Å². The first-order valence-electron chi connectivity index (χ1n) is 7.92. The van der Waals surface area contributed by atoms with Crippen molar-refractivity contribution in [1.29, 1.82) is 0 Å². The van der Waals surface area contributed by atoms with Crippen LogP contribution in [0, 0.1) is 0 Å². The van der Waals surface area contributed by atoms with Crippen LogP contribution in [0.4, 0.5) is 5.13 Å². The Morgan fingerprint density at radius 1 is 1.38 bits per heavy atom. The summed E-state index contributed by atoms with van der Waals surface area (Å²) in [6.07, 6.45) is 4.86. The highest BCUT2D eigenvalue weighted by Gasteiger charge is 2.16. The average molecular weight is 310 g/mol. The molecule has 0 aromatic carbocycles. The van der Waals surface area contributed by atoms with Crippen LogP contribution in [0.15, 0.2) is 6.20 Å². The molecule has 2 heterocycles. The Morgan fingerprint density at radius 3 is 2.76 bits per heavy atom. The number of carbonyl (C=O) groups excluding carboxylic acids is 1. The van der Waals surface area contributed by atoms with E-state index >= 15 is 0 Å². The van der Waals surface area contributed by atoms with Gasteiger partial charge in [0.2, 0.25) is 5.91 Å². The Labute approximate surface area is 131 Å². The summed E-state index contributed by atoms with van der Waals surface area (Å²) in [5.41, 5.74) is 0. The smallest absolute Gasteiger partial charge is 0.223 e. The maximum atomic E-state index is 11.9. The molecular weight excluding hydrogens is 284 g/mol. The topological polar surface area (TPSA) is 48.5 Å². The van der Waals surface area contributed by atoms with Crippen LogP contribution in [0.2, 0.25) is 0 Å². The van der Waals surface area contributed by atoms with Gasteiger partial charge in [0, 0.05) is 56.8 Å². The van der Waals surface area contributed by atoms with Gasteiger partial charge in [0.25, 0.3) is 0 Å². The van der Waals surface area contributed by atoms with Gasteiger partial charge in [0.05, 0.1) is 0 Å². The standard InChI is InChI=1S/C15H26N4OS/c1-3-18(4-2)15-17-12-13(21-15)11-16-8-7-14(20)19-9-5-6-10-19/h12,16H,3-11H2,1-2H3. The lowest BCUT2D eigenvalue weighted by atomic mass is 10.3. The third-order valence-electron chi connectivity index (χ3n) is 3.85. The monoisotopic (exact) mass is 310 g/mol. The number of thiazole rings is 1. The fraction of sp³-hybridized carbons (Fsp3) is 0.733. The van der Waals surface area contributed by atoms with Gasteiger partial charge >= 0.3 is 0 Å². The molecule has 1 fully saturated rings. The molecule has 1 aromatic heterocycles. The molecule has 0 atom stereocenters. The van der Waals surface area contributed by atoms with Crippen LogP contribution in [0.5, 0.6) is 0 Å². The molecule has 6 heteroatoms. The molecule has 0 bridgehead atoms. The van der Waals surface area contributed by atoms with E-state index in [2.05, 4.69) is 29.0 Å². The number of anilines is 1. The zero-order valence-electron chi connectivity index (χ0n) is 13.1. The number of hydrogen-bond acceptors (Lipinski definition) is 5. The van der Waals surface area contributed by atoms with Gasteiger partial charge in [-0.3, -0.25) is 4.79 Å². The number of rotatable bonds is 8. The van der Waals surface area contributed by atoms with Gasteiger partial charge < -0.3 is 15.1 Å². The van der Waals surface area contributed by atoms with E-state index < -0.39 is 0 Å². The molecule has 5 nitrogen and oxygen atoms in total. The largest absolute Gasteiger partial charge is 0.349 e. The van der Waals surface area contributed by atoms with E-state index in [-0.39, 0.29) is 5.91 Å². The van der Waals surface area contributed by atoms with Crippen molar-refractivity contribution in [3.8, 4) is 0 Å². The van der Waals surface area contributed by atoms with Gasteiger partial charge in [0.15, 0.2) is 5.13 Å². The van der Waals surface area contributed by atoms with E-state index in [1.165, 1.54) is 4.88 Å². The van der Waals surface area contributed by atoms with Gasteiger partial charge in [-0.2, -0.15) is 0 Å². The van der Waals surface area contributed by atoms with Crippen molar-refractivity contribution in [1.82, 2.24) is 15.2 Å². The van der Waals surface area contributed by atoms with Gasteiger partial charge in [-0.15, -0.1) is 11.3 Å². The first kappa shape index (κ1) is 16.2. The zero-order chi connectivity index (χ0) is 15.1. The quantitative estimate of drug-likeness (QED) is 0.747. The number of nitrogens with one attached hydrogen (secondary N) is 1. The molecule has 0 spiro atoms. The average Bonchev–Trinajstić information content (AvgIpc) is 3.16. The highest BCUT2D eigenvalue weighted by molar-refractivity contribution is 7.15. The summed E-state index contributed by atoms with van der Waals surface area (Å²) in [7, 11) is 0. The molecule has 2 rings (SSSR count). The third-order valence-corrected chi connectivity index (χ3v) is 4.91. The van der Waals surface area contributed by atoms with Crippen LogP contribution in [0.3, 0.4) is 0 Å². The molecule has 0 radical (unpaired) electrons. The molecule has 1 saturated heterocycles. The summed E-state index contributed by atoms with van der Waals surface area (Å²) in [4.78, 5) is 21.8. The number of hydrogen-bond donors (Lipinski definition) is 1. The summed E-state index contributed by atoms with van der Waals surface area (Å²) in [6, 6.07) is 0. The van der Waals surface area contributed by atoms with Crippen molar-refractivity contribution in [2.45, 2.75) is 39.7 Å². The molecule has 0 unspecified atom stereocenters. The predicted molar refractivity (Wildman–Crippen MR) is 87.8 cm³/mol. The van der Waals surface area contributed by atoms with Crippen molar-refractivity contribution < 1.29 is 4.79 Å². The van der Waals surface area contributed by atoms with Crippen molar-refractivity contribution in [2.75, 3.05) is 37.6 Å².